The summed E-state index contributed by atoms with van der Waals surface area (Å²) >= 11 is 0. The molecule has 0 heterocycles. The van der Waals surface area contributed by atoms with E-state index < -0.39 is 18.1 Å². The molecule has 3 N–H and O–H groups in total. The summed E-state index contributed by atoms with van der Waals surface area (Å²) in [7, 11) is 1.46. The molecule has 24 heavy (non-hydrogen) atoms. The van der Waals surface area contributed by atoms with Gasteiger partial charge in [-0.25, -0.2) is 0 Å². The van der Waals surface area contributed by atoms with E-state index in [1.807, 2.05) is 49.4 Å². The van der Waals surface area contributed by atoms with E-state index in [2.05, 4.69) is 5.32 Å². The highest BCUT2D eigenvalue weighted by Gasteiger charge is 2.25. The molecule has 5 nitrogen and oxygen atoms in total. The normalized spacial score (nSPS) is 13.1. The molecule has 2 aromatic rings. The van der Waals surface area contributed by atoms with Gasteiger partial charge in [-0.15, -0.1) is 0 Å². The predicted octanol–water partition coefficient (Wildman–Crippen LogP) is 1.90. The molecule has 2 rings (SSSR count). The average Bonchev–Trinajstić information content (AvgIpc) is 2.57. The number of nitrogens with two attached hydrogens (primary N) is 1. The van der Waals surface area contributed by atoms with Crippen LogP contribution in [0.4, 0.5) is 0 Å². The van der Waals surface area contributed by atoms with Gasteiger partial charge in [0.25, 0.3) is 5.91 Å². The van der Waals surface area contributed by atoms with Gasteiger partial charge in [0, 0.05) is 13.5 Å². The first-order valence-corrected chi connectivity index (χ1v) is 7.75. The van der Waals surface area contributed by atoms with Crippen molar-refractivity contribution in [2.24, 2.45) is 5.73 Å². The Labute approximate surface area is 141 Å². The van der Waals surface area contributed by atoms with E-state index >= 15 is 0 Å². The van der Waals surface area contributed by atoms with Gasteiger partial charge in [0.1, 0.15) is 6.04 Å². The third-order valence-electron chi connectivity index (χ3n) is 3.92. The van der Waals surface area contributed by atoms with E-state index in [1.165, 1.54) is 7.11 Å². The minimum atomic E-state index is -0.792. The first-order chi connectivity index (χ1) is 11.5. The number of methoxy groups -OCH3 is 1. The number of carbonyl (C=O) groups excluding carboxylic acids is 2. The summed E-state index contributed by atoms with van der Waals surface area (Å²) in [5, 5.41) is 2.70. The SMILES string of the molecule is CO[C@@H](C(=O)N[C@H](Cc1ccccc1C)C(N)=O)c1ccccc1. The van der Waals surface area contributed by atoms with Crippen LogP contribution in [-0.2, 0) is 20.7 Å². The van der Waals surface area contributed by atoms with Crippen molar-refractivity contribution in [3.8, 4) is 0 Å². The molecule has 0 aliphatic rings. The topological polar surface area (TPSA) is 81.4 Å². The largest absolute Gasteiger partial charge is 0.368 e. The number of ether oxygens (including phenoxy) is 1. The Balaban J connectivity index is 2.13. The number of rotatable bonds is 7. The Morgan fingerprint density at radius 1 is 1.08 bits per heavy atom. The van der Waals surface area contributed by atoms with Crippen molar-refractivity contribution in [2.45, 2.75) is 25.5 Å². The summed E-state index contributed by atoms with van der Waals surface area (Å²) in [5.74, 6) is -0.962. The van der Waals surface area contributed by atoms with Crippen LogP contribution in [0.3, 0.4) is 0 Å². The predicted molar refractivity (Wildman–Crippen MR) is 92.2 cm³/mol. The fourth-order valence-electron chi connectivity index (χ4n) is 2.55. The Morgan fingerprint density at radius 3 is 2.29 bits per heavy atom. The van der Waals surface area contributed by atoms with Crippen LogP contribution in [0.15, 0.2) is 54.6 Å². The highest BCUT2D eigenvalue weighted by Crippen LogP contribution is 2.17. The van der Waals surface area contributed by atoms with Crippen LogP contribution >= 0.6 is 0 Å². The molecular weight excluding hydrogens is 304 g/mol. The second-order valence-corrected chi connectivity index (χ2v) is 5.62. The molecule has 0 bridgehead atoms. The monoisotopic (exact) mass is 326 g/mol. The molecule has 0 saturated carbocycles. The molecule has 0 saturated heterocycles. The smallest absolute Gasteiger partial charge is 0.254 e. The molecule has 2 aromatic carbocycles. The van der Waals surface area contributed by atoms with Crippen LogP contribution in [0.5, 0.6) is 0 Å². The first-order valence-electron chi connectivity index (χ1n) is 7.75. The van der Waals surface area contributed by atoms with E-state index in [1.54, 1.807) is 12.1 Å². The van der Waals surface area contributed by atoms with Crippen LogP contribution < -0.4 is 11.1 Å². The standard InChI is InChI=1S/C19H22N2O3/c1-13-8-6-7-11-15(13)12-16(18(20)22)21-19(23)17(24-2)14-9-4-3-5-10-14/h3-11,16-17H,12H2,1-2H3,(H2,20,22)(H,21,23)/t16-,17-/m1/s1. The van der Waals surface area contributed by atoms with Crippen LogP contribution in [-0.4, -0.2) is 25.0 Å². The van der Waals surface area contributed by atoms with Crippen LogP contribution in [0, 0.1) is 6.92 Å². The fraction of sp³-hybridized carbons (Fsp3) is 0.263. The maximum Gasteiger partial charge on any atom is 0.254 e. The number of aryl methyl sites for hydroxylation is 1. The van der Waals surface area contributed by atoms with Gasteiger partial charge in [-0.05, 0) is 23.6 Å². The lowest BCUT2D eigenvalue weighted by Gasteiger charge is -2.21. The molecule has 2 atom stereocenters. The number of carbonyl (C=O) groups is 2. The summed E-state index contributed by atoms with van der Waals surface area (Å²) in [4.78, 5) is 24.3. The minimum absolute atomic E-state index is 0.346. The van der Waals surface area contributed by atoms with Crippen LogP contribution in [0.25, 0.3) is 0 Å². The maximum absolute atomic E-state index is 12.5. The zero-order chi connectivity index (χ0) is 17.5. The van der Waals surface area contributed by atoms with Gasteiger partial charge in [-0.3, -0.25) is 9.59 Å². The molecule has 0 aliphatic carbocycles. The molecule has 0 aliphatic heterocycles. The molecule has 0 spiro atoms. The van der Waals surface area contributed by atoms with E-state index in [0.29, 0.717) is 6.42 Å². The molecular formula is C19H22N2O3. The highest BCUT2D eigenvalue weighted by molar-refractivity contribution is 5.89. The Bertz CT molecular complexity index is 701. The lowest BCUT2D eigenvalue weighted by molar-refractivity contribution is -0.134. The maximum atomic E-state index is 12.5. The molecule has 0 unspecified atom stereocenters. The van der Waals surface area contributed by atoms with Gasteiger partial charge in [-0.2, -0.15) is 0 Å². The minimum Gasteiger partial charge on any atom is -0.368 e. The number of hydrogen-bond acceptors (Lipinski definition) is 3. The van der Waals surface area contributed by atoms with Gasteiger partial charge in [0.15, 0.2) is 6.10 Å². The summed E-state index contributed by atoms with van der Waals surface area (Å²) in [6.45, 7) is 1.96. The third-order valence-corrected chi connectivity index (χ3v) is 3.92. The van der Waals surface area contributed by atoms with Crippen molar-refractivity contribution < 1.29 is 14.3 Å². The van der Waals surface area contributed by atoms with Crippen molar-refractivity contribution in [3.05, 3.63) is 71.3 Å². The second-order valence-electron chi connectivity index (χ2n) is 5.62. The summed E-state index contributed by atoms with van der Waals surface area (Å²) in [6, 6.07) is 16.0. The fourth-order valence-corrected chi connectivity index (χ4v) is 2.55. The van der Waals surface area contributed by atoms with E-state index in [4.69, 9.17) is 10.5 Å². The Hall–Kier alpha value is -2.66. The molecule has 0 radical (unpaired) electrons. The summed E-state index contributed by atoms with van der Waals surface area (Å²) < 4.78 is 5.29. The zero-order valence-corrected chi connectivity index (χ0v) is 13.9. The van der Waals surface area contributed by atoms with Gasteiger partial charge >= 0.3 is 0 Å². The Morgan fingerprint density at radius 2 is 1.71 bits per heavy atom. The van der Waals surface area contributed by atoms with Gasteiger partial charge < -0.3 is 15.8 Å². The zero-order valence-electron chi connectivity index (χ0n) is 13.9. The number of hydrogen-bond donors (Lipinski definition) is 2. The van der Waals surface area contributed by atoms with Crippen molar-refractivity contribution in [3.63, 3.8) is 0 Å². The number of amides is 2. The Kier molecular flexibility index (Phi) is 6.09. The molecule has 0 fully saturated rings. The summed E-state index contributed by atoms with van der Waals surface area (Å²) in [6.07, 6.45) is -0.441. The number of primary amides is 1. The quantitative estimate of drug-likeness (QED) is 0.815. The lowest BCUT2D eigenvalue weighted by atomic mass is 10.00. The van der Waals surface area contributed by atoms with E-state index in [9.17, 15) is 9.59 Å². The molecule has 0 aromatic heterocycles. The van der Waals surface area contributed by atoms with Crippen molar-refractivity contribution in [1.82, 2.24) is 5.32 Å². The highest BCUT2D eigenvalue weighted by atomic mass is 16.5. The summed E-state index contributed by atoms with van der Waals surface area (Å²) in [5.41, 5.74) is 8.20. The number of benzene rings is 2. The van der Waals surface area contributed by atoms with E-state index in [0.717, 1.165) is 16.7 Å². The molecule has 2 amide bonds. The van der Waals surface area contributed by atoms with E-state index in [-0.39, 0.29) is 5.91 Å². The molecule has 5 heteroatoms. The van der Waals surface area contributed by atoms with Gasteiger partial charge in [0.2, 0.25) is 5.91 Å². The molecule has 126 valence electrons. The van der Waals surface area contributed by atoms with Gasteiger partial charge in [0.05, 0.1) is 0 Å². The number of nitrogens with one attached hydrogen (secondary N) is 1. The van der Waals surface area contributed by atoms with Crippen molar-refractivity contribution >= 4 is 11.8 Å². The second kappa shape index (κ2) is 8.26. The van der Waals surface area contributed by atoms with Crippen LogP contribution in [0.1, 0.15) is 22.8 Å². The van der Waals surface area contributed by atoms with Crippen molar-refractivity contribution in [1.29, 1.82) is 0 Å². The average molecular weight is 326 g/mol. The third kappa shape index (κ3) is 4.43. The van der Waals surface area contributed by atoms with Crippen LogP contribution in [0.2, 0.25) is 0 Å². The van der Waals surface area contributed by atoms with Crippen molar-refractivity contribution in [2.75, 3.05) is 7.11 Å². The lowest BCUT2D eigenvalue weighted by Crippen LogP contribution is -2.47. The van der Waals surface area contributed by atoms with Gasteiger partial charge in [-0.1, -0.05) is 54.6 Å². The first kappa shape index (κ1) is 17.7.